The largest absolute Gasteiger partial charge is 0.394 e. The van der Waals surface area contributed by atoms with Gasteiger partial charge in [0.2, 0.25) is 10.0 Å². The molecule has 0 aliphatic carbocycles. The van der Waals surface area contributed by atoms with Crippen LogP contribution in [0, 0.1) is 13.8 Å². The van der Waals surface area contributed by atoms with Crippen LogP contribution < -0.4 is 4.72 Å². The van der Waals surface area contributed by atoms with Gasteiger partial charge < -0.3 is 5.11 Å². The lowest BCUT2D eigenvalue weighted by atomic mass is 10.1. The summed E-state index contributed by atoms with van der Waals surface area (Å²) in [6.07, 6.45) is 0. The highest BCUT2D eigenvalue weighted by molar-refractivity contribution is 7.89. The lowest BCUT2D eigenvalue weighted by Gasteiger charge is -2.17. The number of nitrogens with zero attached hydrogens (tertiary/aromatic N) is 1. The summed E-state index contributed by atoms with van der Waals surface area (Å²) in [6.45, 7) is 2.94. The molecule has 2 rings (SSSR count). The van der Waals surface area contributed by atoms with Gasteiger partial charge in [-0.2, -0.15) is 5.10 Å². The number of aromatic nitrogens is 2. The summed E-state index contributed by atoms with van der Waals surface area (Å²) in [5.41, 5.74) is 1.58. The Hall–Kier alpha value is -1.70. The number of aliphatic hydroxyl groups excluding tert-OH is 1. The Labute approximate surface area is 117 Å². The van der Waals surface area contributed by atoms with Gasteiger partial charge in [-0.3, -0.25) is 5.10 Å². The van der Waals surface area contributed by atoms with Gasteiger partial charge in [0.25, 0.3) is 0 Å². The number of rotatable bonds is 5. The second-order valence-corrected chi connectivity index (χ2v) is 6.18. The number of H-pyrrole nitrogens is 1. The van der Waals surface area contributed by atoms with Gasteiger partial charge in [-0.1, -0.05) is 30.3 Å². The van der Waals surface area contributed by atoms with Crippen molar-refractivity contribution in [2.45, 2.75) is 24.8 Å². The van der Waals surface area contributed by atoms with Crippen molar-refractivity contribution in [3.05, 3.63) is 47.3 Å². The SMILES string of the molecule is Cc1n[nH]c(C)c1S(=O)(=O)N[C@H](CO)c1ccccc1. The van der Waals surface area contributed by atoms with E-state index in [4.69, 9.17) is 0 Å². The van der Waals surface area contributed by atoms with E-state index in [1.165, 1.54) is 0 Å². The molecule has 0 amide bonds. The molecule has 0 unspecified atom stereocenters. The van der Waals surface area contributed by atoms with Gasteiger partial charge in [0, 0.05) is 0 Å². The van der Waals surface area contributed by atoms with E-state index < -0.39 is 16.1 Å². The highest BCUT2D eigenvalue weighted by Gasteiger charge is 2.25. The second kappa shape index (κ2) is 5.74. The molecule has 0 aliphatic rings. The summed E-state index contributed by atoms with van der Waals surface area (Å²) < 4.78 is 27.3. The molecule has 0 bridgehead atoms. The van der Waals surface area contributed by atoms with Crippen molar-refractivity contribution in [1.82, 2.24) is 14.9 Å². The fourth-order valence-electron chi connectivity index (χ4n) is 2.08. The van der Waals surface area contributed by atoms with E-state index in [1.807, 2.05) is 6.07 Å². The van der Waals surface area contributed by atoms with Crippen LogP contribution in [0.3, 0.4) is 0 Å². The Bertz CT molecular complexity index is 661. The molecule has 0 fully saturated rings. The maximum atomic E-state index is 12.4. The molecule has 0 saturated carbocycles. The van der Waals surface area contributed by atoms with E-state index in [-0.39, 0.29) is 11.5 Å². The number of aryl methyl sites for hydroxylation is 2. The monoisotopic (exact) mass is 295 g/mol. The van der Waals surface area contributed by atoms with E-state index >= 15 is 0 Å². The molecular weight excluding hydrogens is 278 g/mol. The van der Waals surface area contributed by atoms with E-state index in [9.17, 15) is 13.5 Å². The second-order valence-electron chi connectivity index (χ2n) is 4.53. The molecule has 1 atom stereocenters. The Morgan fingerprint density at radius 2 is 1.95 bits per heavy atom. The average Bonchev–Trinajstić information content (AvgIpc) is 2.77. The lowest BCUT2D eigenvalue weighted by Crippen LogP contribution is -2.31. The molecule has 20 heavy (non-hydrogen) atoms. The molecule has 6 nitrogen and oxygen atoms in total. The van der Waals surface area contributed by atoms with Gasteiger partial charge in [0.1, 0.15) is 4.90 Å². The van der Waals surface area contributed by atoms with Crippen LogP contribution in [0.2, 0.25) is 0 Å². The van der Waals surface area contributed by atoms with E-state index in [0.29, 0.717) is 17.0 Å². The fraction of sp³-hybridized carbons (Fsp3) is 0.308. The third-order valence-electron chi connectivity index (χ3n) is 3.01. The zero-order chi connectivity index (χ0) is 14.8. The van der Waals surface area contributed by atoms with Crippen LogP contribution in [0.1, 0.15) is 23.0 Å². The first kappa shape index (κ1) is 14.7. The standard InChI is InChI=1S/C13H17N3O3S/c1-9-13(10(2)15-14-9)20(18,19)16-12(8-17)11-6-4-3-5-7-11/h3-7,12,16-17H,8H2,1-2H3,(H,14,15)/t12-/m1/s1. The predicted molar refractivity (Wildman–Crippen MR) is 74.7 cm³/mol. The third kappa shape index (κ3) is 2.90. The molecule has 1 aromatic heterocycles. The highest BCUT2D eigenvalue weighted by atomic mass is 32.2. The van der Waals surface area contributed by atoms with Crippen molar-refractivity contribution in [3.63, 3.8) is 0 Å². The summed E-state index contributed by atoms with van der Waals surface area (Å²) >= 11 is 0. The molecule has 1 heterocycles. The zero-order valence-electron chi connectivity index (χ0n) is 11.3. The number of benzene rings is 1. The van der Waals surface area contributed by atoms with Crippen molar-refractivity contribution in [1.29, 1.82) is 0 Å². The predicted octanol–water partition coefficient (Wildman–Crippen LogP) is 1.04. The van der Waals surface area contributed by atoms with Crippen LogP contribution in [0.15, 0.2) is 35.2 Å². The summed E-state index contributed by atoms with van der Waals surface area (Å²) in [7, 11) is -3.74. The van der Waals surface area contributed by atoms with Gasteiger partial charge in [-0.05, 0) is 19.4 Å². The summed E-state index contributed by atoms with van der Waals surface area (Å²) in [4.78, 5) is 0.131. The first-order valence-corrected chi connectivity index (χ1v) is 7.63. The van der Waals surface area contributed by atoms with Crippen molar-refractivity contribution in [2.24, 2.45) is 0 Å². The fourth-order valence-corrected chi connectivity index (χ4v) is 3.67. The Kier molecular flexibility index (Phi) is 4.22. The maximum absolute atomic E-state index is 12.4. The minimum Gasteiger partial charge on any atom is -0.394 e. The molecule has 1 aromatic carbocycles. The first-order chi connectivity index (χ1) is 9.45. The highest BCUT2D eigenvalue weighted by Crippen LogP contribution is 2.20. The Morgan fingerprint density at radius 3 is 2.45 bits per heavy atom. The van der Waals surface area contributed by atoms with E-state index in [2.05, 4.69) is 14.9 Å². The van der Waals surface area contributed by atoms with Crippen LogP contribution in [0.4, 0.5) is 0 Å². The number of nitrogens with one attached hydrogen (secondary N) is 2. The van der Waals surface area contributed by atoms with Crippen molar-refractivity contribution in [3.8, 4) is 0 Å². The van der Waals surface area contributed by atoms with Gasteiger partial charge in [0.05, 0.1) is 24.0 Å². The van der Waals surface area contributed by atoms with E-state index in [0.717, 1.165) is 0 Å². The third-order valence-corrected chi connectivity index (χ3v) is 4.75. The molecule has 7 heteroatoms. The van der Waals surface area contributed by atoms with Crippen LogP contribution in [-0.2, 0) is 10.0 Å². The minimum absolute atomic E-state index is 0.131. The summed E-state index contributed by atoms with van der Waals surface area (Å²) in [5.74, 6) is 0. The van der Waals surface area contributed by atoms with Crippen LogP contribution in [0.5, 0.6) is 0 Å². The van der Waals surface area contributed by atoms with Crippen LogP contribution in [-0.4, -0.2) is 30.3 Å². The summed E-state index contributed by atoms with van der Waals surface area (Å²) in [5, 5.41) is 16.0. The molecule has 0 spiro atoms. The molecule has 0 radical (unpaired) electrons. The van der Waals surface area contributed by atoms with Gasteiger partial charge in [-0.15, -0.1) is 0 Å². The lowest BCUT2D eigenvalue weighted by molar-refractivity contribution is 0.259. The molecule has 0 saturated heterocycles. The first-order valence-electron chi connectivity index (χ1n) is 6.15. The zero-order valence-corrected chi connectivity index (χ0v) is 12.1. The van der Waals surface area contributed by atoms with Crippen LogP contribution in [0.25, 0.3) is 0 Å². The van der Waals surface area contributed by atoms with Crippen molar-refractivity contribution in [2.75, 3.05) is 6.61 Å². The smallest absolute Gasteiger partial charge is 0.244 e. The average molecular weight is 295 g/mol. The Balaban J connectivity index is 2.32. The number of sulfonamides is 1. The summed E-state index contributed by atoms with van der Waals surface area (Å²) in [6, 6.07) is 8.25. The normalized spacial score (nSPS) is 13.3. The number of hydrogen-bond donors (Lipinski definition) is 3. The number of aliphatic hydroxyl groups is 1. The number of aromatic amines is 1. The molecular formula is C13H17N3O3S. The molecule has 0 aliphatic heterocycles. The van der Waals surface area contributed by atoms with Gasteiger partial charge in [0.15, 0.2) is 0 Å². The molecule has 2 aromatic rings. The number of hydrogen-bond acceptors (Lipinski definition) is 4. The van der Waals surface area contributed by atoms with Crippen molar-refractivity contribution < 1.29 is 13.5 Å². The topological polar surface area (TPSA) is 95.1 Å². The minimum atomic E-state index is -3.74. The van der Waals surface area contributed by atoms with Crippen molar-refractivity contribution >= 4 is 10.0 Å². The quantitative estimate of drug-likeness (QED) is 0.768. The molecule has 108 valence electrons. The maximum Gasteiger partial charge on any atom is 0.244 e. The molecule has 3 N–H and O–H groups in total. The van der Waals surface area contributed by atoms with Gasteiger partial charge in [-0.25, -0.2) is 13.1 Å². The van der Waals surface area contributed by atoms with Crippen LogP contribution >= 0.6 is 0 Å². The van der Waals surface area contributed by atoms with Gasteiger partial charge >= 0.3 is 0 Å². The van der Waals surface area contributed by atoms with E-state index in [1.54, 1.807) is 38.1 Å². The Morgan fingerprint density at radius 1 is 1.30 bits per heavy atom.